The van der Waals surface area contributed by atoms with Gasteiger partial charge in [-0.3, -0.25) is 4.79 Å². The quantitative estimate of drug-likeness (QED) is 0.458. The SMILES string of the molecule is C/C(=N\NC(=O)C1CC1)c1cccc(N)c1. The number of nitrogens with zero attached hydrogens (tertiary/aromatic N) is 1. The number of benzene rings is 1. The molecule has 0 heterocycles. The number of nitrogens with one attached hydrogen (secondary N) is 1. The van der Waals surface area contributed by atoms with Crippen LogP contribution >= 0.6 is 0 Å². The summed E-state index contributed by atoms with van der Waals surface area (Å²) < 4.78 is 0. The van der Waals surface area contributed by atoms with E-state index < -0.39 is 0 Å². The predicted octanol–water partition coefficient (Wildman–Crippen LogP) is 1.52. The molecule has 0 spiro atoms. The van der Waals surface area contributed by atoms with E-state index in [-0.39, 0.29) is 11.8 Å². The summed E-state index contributed by atoms with van der Waals surface area (Å²) in [4.78, 5) is 11.4. The minimum Gasteiger partial charge on any atom is -0.399 e. The van der Waals surface area contributed by atoms with Crippen molar-refractivity contribution in [3.05, 3.63) is 29.8 Å². The molecule has 4 nitrogen and oxygen atoms in total. The Morgan fingerprint density at radius 2 is 2.25 bits per heavy atom. The summed E-state index contributed by atoms with van der Waals surface area (Å²) >= 11 is 0. The van der Waals surface area contributed by atoms with Crippen LogP contribution in [0.3, 0.4) is 0 Å². The third-order valence-electron chi connectivity index (χ3n) is 2.59. The van der Waals surface area contributed by atoms with Crippen LogP contribution in [0.5, 0.6) is 0 Å². The number of hydrogen-bond acceptors (Lipinski definition) is 3. The van der Waals surface area contributed by atoms with Crippen LogP contribution in [0.25, 0.3) is 0 Å². The number of hydrazone groups is 1. The lowest BCUT2D eigenvalue weighted by Gasteiger charge is -2.02. The molecule has 0 aliphatic heterocycles. The van der Waals surface area contributed by atoms with E-state index in [4.69, 9.17) is 5.73 Å². The minimum atomic E-state index is 0.0169. The van der Waals surface area contributed by atoms with Crippen LogP contribution in [-0.4, -0.2) is 11.6 Å². The topological polar surface area (TPSA) is 67.5 Å². The molecule has 1 aromatic carbocycles. The number of carbonyl (C=O) groups excluding carboxylic acids is 1. The van der Waals surface area contributed by atoms with Gasteiger partial charge in [0.2, 0.25) is 5.91 Å². The fourth-order valence-electron chi connectivity index (χ4n) is 1.40. The number of nitrogens with two attached hydrogens (primary N) is 1. The van der Waals surface area contributed by atoms with Crippen LogP contribution in [0.4, 0.5) is 5.69 Å². The second-order valence-corrected chi connectivity index (χ2v) is 4.07. The predicted molar refractivity (Wildman–Crippen MR) is 63.9 cm³/mol. The lowest BCUT2D eigenvalue weighted by atomic mass is 10.1. The van der Waals surface area contributed by atoms with Gasteiger partial charge in [0.1, 0.15) is 0 Å². The molecule has 84 valence electrons. The van der Waals surface area contributed by atoms with Crippen molar-refractivity contribution in [1.82, 2.24) is 5.43 Å². The van der Waals surface area contributed by atoms with Crippen LogP contribution in [-0.2, 0) is 4.79 Å². The maximum atomic E-state index is 11.4. The van der Waals surface area contributed by atoms with Gasteiger partial charge in [0.25, 0.3) is 0 Å². The zero-order valence-corrected chi connectivity index (χ0v) is 9.23. The number of rotatable bonds is 3. The van der Waals surface area contributed by atoms with Crippen molar-refractivity contribution in [2.45, 2.75) is 19.8 Å². The van der Waals surface area contributed by atoms with Gasteiger partial charge < -0.3 is 5.73 Å². The summed E-state index contributed by atoms with van der Waals surface area (Å²) in [7, 11) is 0. The molecule has 1 aliphatic rings. The van der Waals surface area contributed by atoms with E-state index in [0.717, 1.165) is 24.1 Å². The van der Waals surface area contributed by atoms with Crippen molar-refractivity contribution in [3.8, 4) is 0 Å². The summed E-state index contributed by atoms with van der Waals surface area (Å²) in [5, 5.41) is 4.06. The van der Waals surface area contributed by atoms with Crippen molar-refractivity contribution < 1.29 is 4.79 Å². The maximum Gasteiger partial charge on any atom is 0.243 e. The number of amides is 1. The lowest BCUT2D eigenvalue weighted by molar-refractivity contribution is -0.122. The molecule has 4 heteroatoms. The molecule has 0 atom stereocenters. The molecule has 0 radical (unpaired) electrons. The van der Waals surface area contributed by atoms with Gasteiger partial charge in [0.15, 0.2) is 0 Å². The highest BCUT2D eigenvalue weighted by molar-refractivity contribution is 6.00. The third-order valence-corrected chi connectivity index (χ3v) is 2.59. The zero-order valence-electron chi connectivity index (χ0n) is 9.23. The van der Waals surface area contributed by atoms with Crippen LogP contribution < -0.4 is 11.2 Å². The smallest absolute Gasteiger partial charge is 0.243 e. The Balaban J connectivity index is 2.02. The van der Waals surface area contributed by atoms with Crippen molar-refractivity contribution in [2.75, 3.05) is 5.73 Å². The van der Waals surface area contributed by atoms with Crippen molar-refractivity contribution in [2.24, 2.45) is 11.0 Å². The highest BCUT2D eigenvalue weighted by Crippen LogP contribution is 2.28. The minimum absolute atomic E-state index is 0.0169. The monoisotopic (exact) mass is 217 g/mol. The molecular weight excluding hydrogens is 202 g/mol. The van der Waals surface area contributed by atoms with Gasteiger partial charge >= 0.3 is 0 Å². The Bertz CT molecular complexity index is 436. The van der Waals surface area contributed by atoms with E-state index >= 15 is 0 Å². The van der Waals surface area contributed by atoms with Crippen molar-refractivity contribution in [3.63, 3.8) is 0 Å². The molecule has 3 N–H and O–H groups in total. The standard InChI is InChI=1S/C12H15N3O/c1-8(10-3-2-4-11(13)7-10)14-15-12(16)9-5-6-9/h2-4,7,9H,5-6,13H2,1H3,(H,15,16)/b14-8+. The molecule has 2 rings (SSSR count). The van der Waals surface area contributed by atoms with E-state index in [1.165, 1.54) is 0 Å². The van der Waals surface area contributed by atoms with Crippen LogP contribution in [0.2, 0.25) is 0 Å². The number of hydrogen-bond donors (Lipinski definition) is 2. The average Bonchev–Trinajstić information content (AvgIpc) is 3.09. The van der Waals surface area contributed by atoms with Crippen molar-refractivity contribution in [1.29, 1.82) is 0 Å². The van der Waals surface area contributed by atoms with E-state index in [2.05, 4.69) is 10.5 Å². The van der Waals surface area contributed by atoms with Crippen LogP contribution in [0.1, 0.15) is 25.3 Å². The molecule has 1 amide bonds. The van der Waals surface area contributed by atoms with Gasteiger partial charge in [-0.15, -0.1) is 0 Å². The summed E-state index contributed by atoms with van der Waals surface area (Å²) in [6.07, 6.45) is 1.97. The van der Waals surface area contributed by atoms with E-state index in [9.17, 15) is 4.79 Å². The van der Waals surface area contributed by atoms with E-state index in [1.54, 1.807) is 0 Å². The first-order valence-corrected chi connectivity index (χ1v) is 5.37. The summed E-state index contributed by atoms with van der Waals surface area (Å²) in [6.45, 7) is 1.85. The third kappa shape index (κ3) is 2.59. The van der Waals surface area contributed by atoms with Gasteiger partial charge in [-0.05, 0) is 37.5 Å². The maximum absolute atomic E-state index is 11.4. The molecule has 0 saturated heterocycles. The normalized spacial score (nSPS) is 15.9. The van der Waals surface area contributed by atoms with Crippen molar-refractivity contribution >= 4 is 17.3 Å². The summed E-state index contributed by atoms with van der Waals surface area (Å²) in [6, 6.07) is 7.44. The highest BCUT2D eigenvalue weighted by Gasteiger charge is 2.29. The van der Waals surface area contributed by atoms with Gasteiger partial charge in [0.05, 0.1) is 5.71 Å². The van der Waals surface area contributed by atoms with E-state index in [1.807, 2.05) is 31.2 Å². The molecule has 1 saturated carbocycles. The fourth-order valence-corrected chi connectivity index (χ4v) is 1.40. The number of nitrogen functional groups attached to an aromatic ring is 1. The molecule has 1 fully saturated rings. The first kappa shape index (κ1) is 10.7. The highest BCUT2D eigenvalue weighted by atomic mass is 16.2. The Labute approximate surface area is 94.5 Å². The lowest BCUT2D eigenvalue weighted by Crippen LogP contribution is -2.20. The molecule has 16 heavy (non-hydrogen) atoms. The molecule has 1 aliphatic carbocycles. The second kappa shape index (κ2) is 4.35. The first-order chi connectivity index (χ1) is 7.66. The fraction of sp³-hybridized carbons (Fsp3) is 0.333. The largest absolute Gasteiger partial charge is 0.399 e. The van der Waals surface area contributed by atoms with Gasteiger partial charge in [0, 0.05) is 11.6 Å². The second-order valence-electron chi connectivity index (χ2n) is 4.07. The van der Waals surface area contributed by atoms with Gasteiger partial charge in [-0.25, -0.2) is 5.43 Å². The van der Waals surface area contributed by atoms with Crippen LogP contribution in [0.15, 0.2) is 29.4 Å². The van der Waals surface area contributed by atoms with E-state index in [0.29, 0.717) is 5.69 Å². The van der Waals surface area contributed by atoms with Crippen LogP contribution in [0, 0.1) is 5.92 Å². The average molecular weight is 217 g/mol. The number of anilines is 1. The summed E-state index contributed by atoms with van der Waals surface area (Å²) in [5.74, 6) is 0.195. The first-order valence-electron chi connectivity index (χ1n) is 5.37. The Morgan fingerprint density at radius 3 is 2.88 bits per heavy atom. The zero-order chi connectivity index (χ0) is 11.5. The van der Waals surface area contributed by atoms with Gasteiger partial charge in [-0.1, -0.05) is 12.1 Å². The number of carbonyl (C=O) groups is 1. The molecule has 1 aromatic rings. The molecule has 0 bridgehead atoms. The summed E-state index contributed by atoms with van der Waals surface area (Å²) in [5.41, 5.74) is 10.6. The Kier molecular flexibility index (Phi) is 2.90. The molecule has 0 unspecified atom stereocenters. The Hall–Kier alpha value is -1.84. The Morgan fingerprint density at radius 1 is 1.50 bits per heavy atom. The van der Waals surface area contributed by atoms with Gasteiger partial charge in [-0.2, -0.15) is 5.10 Å². The molecule has 0 aromatic heterocycles. The molecular formula is C12H15N3O.